The van der Waals surface area contributed by atoms with Crippen LogP contribution in [0, 0.1) is 0 Å². The van der Waals surface area contributed by atoms with Crippen molar-refractivity contribution in [3.63, 3.8) is 0 Å². The number of aliphatic hydroxyl groups excluding tert-OH is 4. The van der Waals surface area contributed by atoms with Gasteiger partial charge in [0.05, 0.1) is 6.61 Å². The zero-order valence-corrected chi connectivity index (χ0v) is 10.2. The van der Waals surface area contributed by atoms with E-state index in [0.29, 0.717) is 6.42 Å². The van der Waals surface area contributed by atoms with Crippen LogP contribution in [0.2, 0.25) is 0 Å². The first-order chi connectivity index (χ1) is 8.28. The number of unbranched alkanes of at least 4 members (excludes halogenated alkanes) is 1. The number of nitrogens with one attached hydrogen (secondary N) is 1. The van der Waals surface area contributed by atoms with Crippen molar-refractivity contribution in [2.45, 2.75) is 43.9 Å². The number of carbonyl (C=O) groups is 1. The van der Waals surface area contributed by atoms with Gasteiger partial charge in [-0.2, -0.15) is 0 Å². The molecule has 0 fully saturated rings. The molecule has 0 bridgehead atoms. The summed E-state index contributed by atoms with van der Waals surface area (Å²) in [5.41, 5.74) is 0. The van der Waals surface area contributed by atoms with Crippen molar-refractivity contribution in [2.24, 2.45) is 0 Å². The smallest absolute Gasteiger partial charge is 0.282 e. The van der Waals surface area contributed by atoms with Gasteiger partial charge in [0.1, 0.15) is 18.3 Å². The monoisotopic (exact) mass is 267 g/mol. The Balaban J connectivity index is 4.54. The Kier molecular flexibility index (Phi) is 7.29. The van der Waals surface area contributed by atoms with Crippen molar-refractivity contribution in [1.82, 2.24) is 5.32 Å². The highest BCUT2D eigenvalue weighted by molar-refractivity contribution is 5.83. The molecule has 1 amide bonds. The maximum Gasteiger partial charge on any atom is 0.282 e. The van der Waals surface area contributed by atoms with Gasteiger partial charge >= 0.3 is 0 Å². The molecule has 0 aliphatic heterocycles. The van der Waals surface area contributed by atoms with E-state index >= 15 is 0 Å². The lowest BCUT2D eigenvalue weighted by Crippen LogP contribution is -2.61. The molecule has 0 aliphatic carbocycles. The van der Waals surface area contributed by atoms with Gasteiger partial charge in [-0.3, -0.25) is 4.79 Å². The summed E-state index contributed by atoms with van der Waals surface area (Å²) in [4.78, 5) is 11.4. The van der Waals surface area contributed by atoms with E-state index in [0.717, 1.165) is 6.42 Å². The Bertz CT molecular complexity index is 259. The van der Waals surface area contributed by atoms with Crippen molar-refractivity contribution in [1.29, 1.82) is 0 Å². The Morgan fingerprint density at radius 3 is 2.28 bits per heavy atom. The zero-order valence-electron chi connectivity index (χ0n) is 10.2. The van der Waals surface area contributed by atoms with Crippen LogP contribution in [0.25, 0.3) is 0 Å². The number of hydrogen-bond acceptors (Lipinski definition) is 7. The fraction of sp³-hybridized carbons (Fsp3) is 0.900. The predicted octanol–water partition coefficient (Wildman–Crippen LogP) is -3.34. The van der Waals surface area contributed by atoms with Crippen molar-refractivity contribution >= 4 is 5.91 Å². The van der Waals surface area contributed by atoms with Crippen molar-refractivity contribution in [2.75, 3.05) is 13.2 Å². The average molecular weight is 267 g/mol. The fourth-order valence-electron chi connectivity index (χ4n) is 1.20. The molecule has 0 rings (SSSR count). The first kappa shape index (κ1) is 17.2. The topological polar surface area (TPSA) is 150 Å². The number of carbonyl (C=O) groups excluding carboxylic acids is 1. The van der Waals surface area contributed by atoms with Crippen molar-refractivity contribution in [3.05, 3.63) is 0 Å². The third kappa shape index (κ3) is 4.48. The van der Waals surface area contributed by atoms with Gasteiger partial charge < -0.3 is 36.0 Å². The Labute approximate surface area is 105 Å². The van der Waals surface area contributed by atoms with Gasteiger partial charge in [0.15, 0.2) is 0 Å². The highest BCUT2D eigenvalue weighted by Gasteiger charge is 2.46. The molecule has 0 aliphatic rings. The third-order valence-corrected chi connectivity index (χ3v) is 2.47. The maximum atomic E-state index is 11.4. The molecule has 0 radical (unpaired) electrons. The minimum atomic E-state index is -3.25. The van der Waals surface area contributed by atoms with Gasteiger partial charge in [-0.1, -0.05) is 13.3 Å². The average Bonchev–Trinajstić information content (AvgIpc) is 2.35. The standard InChI is InChI=1S/C10H21NO7/c1-2-3-4-11-9(16)10(17,18)8(15)7(14)6(13)5-12/h6-8,12-15,17-18H,2-5H2,1H3,(H,11,16). The lowest BCUT2D eigenvalue weighted by atomic mass is 9.99. The summed E-state index contributed by atoms with van der Waals surface area (Å²) in [6.45, 7) is 1.16. The third-order valence-electron chi connectivity index (χ3n) is 2.47. The summed E-state index contributed by atoms with van der Waals surface area (Å²) in [6, 6.07) is 0. The number of hydrogen-bond donors (Lipinski definition) is 7. The van der Waals surface area contributed by atoms with E-state index in [1.807, 2.05) is 6.92 Å². The normalized spacial score (nSPS) is 17.1. The van der Waals surface area contributed by atoms with E-state index in [9.17, 15) is 25.2 Å². The lowest BCUT2D eigenvalue weighted by molar-refractivity contribution is -0.247. The van der Waals surface area contributed by atoms with E-state index in [1.165, 1.54) is 0 Å². The molecule has 8 heteroatoms. The van der Waals surface area contributed by atoms with Crippen LogP contribution in [-0.2, 0) is 4.79 Å². The Morgan fingerprint density at radius 1 is 1.28 bits per heavy atom. The molecule has 3 unspecified atom stereocenters. The summed E-state index contributed by atoms with van der Waals surface area (Å²) < 4.78 is 0. The van der Waals surface area contributed by atoms with Gasteiger partial charge in [0.25, 0.3) is 11.7 Å². The molecule has 0 spiro atoms. The molecular formula is C10H21NO7. The van der Waals surface area contributed by atoms with Crippen LogP contribution in [-0.4, -0.2) is 73.8 Å². The van der Waals surface area contributed by atoms with Crippen LogP contribution < -0.4 is 5.32 Å². The minimum Gasteiger partial charge on any atom is -0.394 e. The second-order valence-electron chi connectivity index (χ2n) is 4.02. The summed E-state index contributed by atoms with van der Waals surface area (Å²) in [5, 5.41) is 57.2. The first-order valence-electron chi connectivity index (χ1n) is 5.67. The summed E-state index contributed by atoms with van der Waals surface area (Å²) >= 11 is 0. The molecule has 8 nitrogen and oxygen atoms in total. The zero-order chi connectivity index (χ0) is 14.3. The number of aliphatic hydroxyl groups is 6. The van der Waals surface area contributed by atoms with E-state index < -0.39 is 36.6 Å². The van der Waals surface area contributed by atoms with E-state index in [4.69, 9.17) is 10.2 Å². The fourth-order valence-corrected chi connectivity index (χ4v) is 1.20. The van der Waals surface area contributed by atoms with E-state index in [1.54, 1.807) is 0 Å². The van der Waals surface area contributed by atoms with Crippen LogP contribution in [0.5, 0.6) is 0 Å². The van der Waals surface area contributed by atoms with Crippen LogP contribution in [0.4, 0.5) is 0 Å². The molecule has 0 aromatic heterocycles. The summed E-state index contributed by atoms with van der Waals surface area (Å²) in [6.07, 6.45) is -4.82. The summed E-state index contributed by atoms with van der Waals surface area (Å²) in [5.74, 6) is -4.53. The highest BCUT2D eigenvalue weighted by Crippen LogP contribution is 2.13. The van der Waals surface area contributed by atoms with Gasteiger partial charge in [-0.05, 0) is 6.42 Å². The molecule has 0 heterocycles. The van der Waals surface area contributed by atoms with Crippen LogP contribution in [0.1, 0.15) is 19.8 Å². The van der Waals surface area contributed by atoms with Crippen LogP contribution in [0.15, 0.2) is 0 Å². The van der Waals surface area contributed by atoms with E-state index in [2.05, 4.69) is 5.32 Å². The molecule has 0 saturated carbocycles. The lowest BCUT2D eigenvalue weighted by Gasteiger charge is -2.30. The van der Waals surface area contributed by atoms with Gasteiger partial charge in [-0.25, -0.2) is 0 Å². The summed E-state index contributed by atoms with van der Waals surface area (Å²) in [7, 11) is 0. The largest absolute Gasteiger partial charge is 0.394 e. The van der Waals surface area contributed by atoms with Gasteiger partial charge in [-0.15, -0.1) is 0 Å². The molecule has 0 aromatic carbocycles. The van der Waals surface area contributed by atoms with Crippen molar-refractivity contribution in [3.8, 4) is 0 Å². The second kappa shape index (κ2) is 7.62. The Hall–Kier alpha value is -0.770. The number of amides is 1. The highest BCUT2D eigenvalue weighted by atomic mass is 16.5. The Morgan fingerprint density at radius 2 is 1.83 bits per heavy atom. The molecule has 18 heavy (non-hydrogen) atoms. The SMILES string of the molecule is CCCCNC(=O)C(O)(O)C(O)C(O)C(O)CO. The second-order valence-corrected chi connectivity index (χ2v) is 4.02. The van der Waals surface area contributed by atoms with Gasteiger partial charge in [0.2, 0.25) is 0 Å². The molecular weight excluding hydrogens is 246 g/mol. The van der Waals surface area contributed by atoms with E-state index in [-0.39, 0.29) is 6.54 Å². The number of rotatable bonds is 8. The molecule has 3 atom stereocenters. The quantitative estimate of drug-likeness (QED) is 0.179. The predicted molar refractivity (Wildman–Crippen MR) is 60.2 cm³/mol. The van der Waals surface area contributed by atoms with Crippen LogP contribution >= 0.6 is 0 Å². The van der Waals surface area contributed by atoms with Crippen molar-refractivity contribution < 1.29 is 35.4 Å². The first-order valence-corrected chi connectivity index (χ1v) is 5.67. The molecule has 0 saturated heterocycles. The maximum absolute atomic E-state index is 11.4. The van der Waals surface area contributed by atoms with Crippen LogP contribution in [0.3, 0.4) is 0 Å². The van der Waals surface area contributed by atoms with Gasteiger partial charge in [0, 0.05) is 6.54 Å². The molecule has 7 N–H and O–H groups in total. The minimum absolute atomic E-state index is 0.184. The molecule has 108 valence electrons. The molecule has 0 aromatic rings.